The molecule has 0 saturated heterocycles. The first kappa shape index (κ1) is 24.3. The first-order chi connectivity index (χ1) is 17.5. The van der Waals surface area contributed by atoms with Gasteiger partial charge in [-0.2, -0.15) is 4.98 Å². The van der Waals surface area contributed by atoms with Crippen LogP contribution in [0.4, 0.5) is 0 Å². The van der Waals surface area contributed by atoms with E-state index in [2.05, 4.69) is 20.8 Å². The van der Waals surface area contributed by atoms with Gasteiger partial charge in [-0.15, -0.1) is 0 Å². The van der Waals surface area contributed by atoms with Crippen LogP contribution in [0.25, 0.3) is 17.5 Å². The van der Waals surface area contributed by atoms with E-state index in [0.29, 0.717) is 23.1 Å². The van der Waals surface area contributed by atoms with Gasteiger partial charge < -0.3 is 29.0 Å². The molecule has 0 aliphatic carbocycles. The fourth-order valence-electron chi connectivity index (χ4n) is 3.24. The average molecular weight is 489 g/mol. The van der Waals surface area contributed by atoms with Crippen LogP contribution in [0.2, 0.25) is 0 Å². The molecule has 10 heteroatoms. The van der Waals surface area contributed by atoms with E-state index in [1.165, 1.54) is 32.6 Å². The van der Waals surface area contributed by atoms with Crippen LogP contribution in [-0.2, 0) is 11.3 Å². The predicted octanol–water partition coefficient (Wildman–Crippen LogP) is 3.74. The summed E-state index contributed by atoms with van der Waals surface area (Å²) in [5.41, 5.74) is 2.14. The fraction of sp³-hybridized carbons (Fsp3) is 0.154. The van der Waals surface area contributed by atoms with Gasteiger partial charge in [-0.25, -0.2) is 0 Å². The Balaban J connectivity index is 1.48. The Morgan fingerprint density at radius 3 is 2.50 bits per heavy atom. The molecule has 0 bridgehead atoms. The lowest BCUT2D eigenvalue weighted by atomic mass is 10.1. The van der Waals surface area contributed by atoms with Crippen LogP contribution in [-0.4, -0.2) is 36.2 Å². The Morgan fingerprint density at radius 1 is 1.03 bits per heavy atom. The SMILES string of the molecule is COc1ccc(C(=O)N/C(=C\c2ccco2)C(=O)NCc2nc(-c3ccc(C)cc3)no2)cc1OC. The second-order valence-corrected chi connectivity index (χ2v) is 7.66. The van der Waals surface area contributed by atoms with Crippen LogP contribution in [0.1, 0.15) is 27.6 Å². The molecule has 184 valence electrons. The molecule has 10 nitrogen and oxygen atoms in total. The maximum atomic E-state index is 13.0. The minimum atomic E-state index is -0.574. The zero-order valence-corrected chi connectivity index (χ0v) is 19.9. The molecule has 36 heavy (non-hydrogen) atoms. The second kappa shape index (κ2) is 11.0. The normalized spacial score (nSPS) is 11.1. The number of hydrogen-bond acceptors (Lipinski definition) is 8. The summed E-state index contributed by atoms with van der Waals surface area (Å²) in [6.07, 6.45) is 2.88. The Bertz CT molecular complexity index is 1370. The average Bonchev–Trinajstić information content (AvgIpc) is 3.59. The van der Waals surface area contributed by atoms with Crippen molar-refractivity contribution in [3.8, 4) is 22.9 Å². The van der Waals surface area contributed by atoms with Crippen LogP contribution >= 0.6 is 0 Å². The highest BCUT2D eigenvalue weighted by molar-refractivity contribution is 6.05. The third-order valence-corrected chi connectivity index (χ3v) is 5.15. The first-order valence-corrected chi connectivity index (χ1v) is 10.9. The molecule has 0 saturated carbocycles. The summed E-state index contributed by atoms with van der Waals surface area (Å²) in [4.78, 5) is 30.2. The number of aryl methyl sites for hydroxylation is 1. The standard InChI is InChI=1S/C26H24N4O6/c1-16-6-8-17(9-7-16)24-29-23(36-30-24)15-27-26(32)20(14-19-5-4-12-35-19)28-25(31)18-10-11-21(33-2)22(13-18)34-3/h4-14H,15H2,1-3H3,(H,27,32)(H,28,31)/b20-14-. The maximum absolute atomic E-state index is 13.0. The van der Waals surface area contributed by atoms with E-state index in [9.17, 15) is 9.59 Å². The molecule has 0 atom stereocenters. The number of ether oxygens (including phenoxy) is 2. The molecular formula is C26H24N4O6. The quantitative estimate of drug-likeness (QED) is 0.341. The number of amides is 2. The molecule has 4 aromatic rings. The maximum Gasteiger partial charge on any atom is 0.268 e. The third kappa shape index (κ3) is 5.79. The van der Waals surface area contributed by atoms with Crippen molar-refractivity contribution in [2.24, 2.45) is 0 Å². The van der Waals surface area contributed by atoms with E-state index in [1.54, 1.807) is 24.3 Å². The van der Waals surface area contributed by atoms with Crippen molar-refractivity contribution < 1.29 is 28.0 Å². The van der Waals surface area contributed by atoms with Crippen molar-refractivity contribution in [2.45, 2.75) is 13.5 Å². The number of carbonyl (C=O) groups excluding carboxylic acids is 2. The van der Waals surface area contributed by atoms with Crippen LogP contribution in [0.5, 0.6) is 11.5 Å². The van der Waals surface area contributed by atoms with E-state index in [-0.39, 0.29) is 23.7 Å². The molecule has 0 fully saturated rings. The first-order valence-electron chi connectivity index (χ1n) is 10.9. The number of rotatable bonds is 9. The van der Waals surface area contributed by atoms with E-state index >= 15 is 0 Å². The predicted molar refractivity (Wildman–Crippen MR) is 130 cm³/mol. The van der Waals surface area contributed by atoms with Gasteiger partial charge in [0.15, 0.2) is 11.5 Å². The second-order valence-electron chi connectivity index (χ2n) is 7.66. The Labute approximate surface area is 206 Å². The van der Waals surface area contributed by atoms with Gasteiger partial charge in [-0.05, 0) is 37.3 Å². The Kier molecular flexibility index (Phi) is 7.45. The number of furan rings is 1. The lowest BCUT2D eigenvalue weighted by molar-refractivity contribution is -0.118. The number of nitrogens with zero attached hydrogens (tertiary/aromatic N) is 2. The molecule has 0 radical (unpaired) electrons. The molecule has 2 N–H and O–H groups in total. The minimum Gasteiger partial charge on any atom is -0.493 e. The fourth-order valence-corrected chi connectivity index (χ4v) is 3.24. The van der Waals surface area contributed by atoms with Crippen molar-refractivity contribution in [1.29, 1.82) is 0 Å². The topological polar surface area (TPSA) is 129 Å². The Hall–Kier alpha value is -4.86. The molecule has 2 aromatic carbocycles. The van der Waals surface area contributed by atoms with Gasteiger partial charge in [0.1, 0.15) is 11.5 Å². The molecular weight excluding hydrogens is 464 g/mol. The number of aromatic nitrogens is 2. The van der Waals surface area contributed by atoms with Crippen LogP contribution in [0.3, 0.4) is 0 Å². The summed E-state index contributed by atoms with van der Waals surface area (Å²) in [6.45, 7) is 1.94. The molecule has 2 aromatic heterocycles. The number of hydrogen-bond donors (Lipinski definition) is 2. The summed E-state index contributed by atoms with van der Waals surface area (Å²) < 4.78 is 21.0. The molecule has 2 amide bonds. The lowest BCUT2D eigenvalue weighted by Crippen LogP contribution is -2.34. The van der Waals surface area contributed by atoms with E-state index in [1.807, 2.05) is 31.2 Å². The number of benzene rings is 2. The molecule has 4 rings (SSSR count). The van der Waals surface area contributed by atoms with Crippen LogP contribution < -0.4 is 20.1 Å². The summed E-state index contributed by atoms with van der Waals surface area (Å²) in [5.74, 6) is 0.760. The van der Waals surface area contributed by atoms with Crippen molar-refractivity contribution in [2.75, 3.05) is 14.2 Å². The van der Waals surface area contributed by atoms with E-state index in [4.69, 9.17) is 18.4 Å². The Morgan fingerprint density at radius 2 is 1.81 bits per heavy atom. The van der Waals surface area contributed by atoms with Gasteiger partial charge in [0, 0.05) is 17.2 Å². The van der Waals surface area contributed by atoms with Crippen molar-refractivity contribution in [3.63, 3.8) is 0 Å². The largest absolute Gasteiger partial charge is 0.493 e. The van der Waals surface area contributed by atoms with Crippen molar-refractivity contribution >= 4 is 17.9 Å². The summed E-state index contributed by atoms with van der Waals surface area (Å²) in [5, 5.41) is 9.26. The van der Waals surface area contributed by atoms with Gasteiger partial charge in [-0.3, -0.25) is 9.59 Å². The molecule has 0 aliphatic heterocycles. The number of methoxy groups -OCH3 is 2. The lowest BCUT2D eigenvalue weighted by Gasteiger charge is -2.12. The highest BCUT2D eigenvalue weighted by atomic mass is 16.5. The highest BCUT2D eigenvalue weighted by Crippen LogP contribution is 2.27. The van der Waals surface area contributed by atoms with Gasteiger partial charge in [0.05, 0.1) is 27.0 Å². The van der Waals surface area contributed by atoms with Gasteiger partial charge in [0.25, 0.3) is 11.8 Å². The summed E-state index contributed by atoms with van der Waals surface area (Å²) in [7, 11) is 2.97. The zero-order valence-electron chi connectivity index (χ0n) is 19.9. The smallest absolute Gasteiger partial charge is 0.268 e. The number of carbonyl (C=O) groups is 2. The van der Waals surface area contributed by atoms with Gasteiger partial charge in [-0.1, -0.05) is 35.0 Å². The minimum absolute atomic E-state index is 0.0389. The summed E-state index contributed by atoms with van der Waals surface area (Å²) in [6, 6.07) is 15.7. The van der Waals surface area contributed by atoms with Crippen LogP contribution in [0, 0.1) is 6.92 Å². The number of nitrogens with one attached hydrogen (secondary N) is 2. The van der Waals surface area contributed by atoms with E-state index < -0.39 is 11.8 Å². The molecule has 0 spiro atoms. The third-order valence-electron chi connectivity index (χ3n) is 5.15. The molecule has 0 unspecified atom stereocenters. The van der Waals surface area contributed by atoms with Gasteiger partial charge >= 0.3 is 0 Å². The highest BCUT2D eigenvalue weighted by Gasteiger charge is 2.18. The molecule has 0 aliphatic rings. The van der Waals surface area contributed by atoms with Crippen LogP contribution in [0.15, 0.2) is 75.5 Å². The van der Waals surface area contributed by atoms with Gasteiger partial charge in [0.2, 0.25) is 11.7 Å². The monoisotopic (exact) mass is 488 g/mol. The van der Waals surface area contributed by atoms with Crippen molar-refractivity contribution in [3.05, 3.63) is 89.3 Å². The zero-order chi connectivity index (χ0) is 25.5. The van der Waals surface area contributed by atoms with E-state index in [0.717, 1.165) is 11.1 Å². The summed E-state index contributed by atoms with van der Waals surface area (Å²) >= 11 is 0. The molecule has 2 heterocycles. The van der Waals surface area contributed by atoms with Crippen molar-refractivity contribution in [1.82, 2.24) is 20.8 Å².